The zero-order valence-electron chi connectivity index (χ0n) is 12.9. The molecule has 0 aromatic heterocycles. The summed E-state index contributed by atoms with van der Waals surface area (Å²) < 4.78 is 10.3. The number of benzene rings is 2. The first kappa shape index (κ1) is 18.9. The van der Waals surface area contributed by atoms with Crippen LogP contribution in [0.2, 0.25) is 10.0 Å². The van der Waals surface area contributed by atoms with Crippen LogP contribution < -0.4 is 10.1 Å². The molecule has 2 rings (SSSR count). The van der Waals surface area contributed by atoms with Crippen molar-refractivity contribution in [1.29, 1.82) is 0 Å². The van der Waals surface area contributed by atoms with Gasteiger partial charge in [-0.25, -0.2) is 9.59 Å². The average Bonchev–Trinajstić information content (AvgIpc) is 2.60. The average molecular weight is 384 g/mol. The van der Waals surface area contributed by atoms with Crippen molar-refractivity contribution in [2.75, 3.05) is 6.54 Å². The van der Waals surface area contributed by atoms with Crippen molar-refractivity contribution < 1.29 is 24.2 Å². The minimum Gasteiger partial charge on any atom is -0.478 e. The van der Waals surface area contributed by atoms with Crippen LogP contribution in [0.1, 0.15) is 5.56 Å². The predicted octanol–water partition coefficient (Wildman–Crippen LogP) is 3.75. The number of carbonyl (C=O) groups excluding carboxylic acids is 1. The third kappa shape index (κ3) is 6.17. The number of rotatable bonds is 7. The number of carboxylic acids is 1. The molecule has 0 saturated carbocycles. The molecule has 2 aromatic carbocycles. The van der Waals surface area contributed by atoms with Gasteiger partial charge in [0.15, 0.2) is 0 Å². The van der Waals surface area contributed by atoms with Gasteiger partial charge in [0.25, 0.3) is 0 Å². The fraction of sp³-hybridized carbons (Fsp3) is 0.176. The molecule has 0 unspecified atom stereocenters. The molecule has 132 valence electrons. The summed E-state index contributed by atoms with van der Waals surface area (Å²) in [6.07, 6.45) is -2.10. The highest BCUT2D eigenvalue weighted by molar-refractivity contribution is 6.34. The maximum Gasteiger partial charge on any atom is 0.407 e. The van der Waals surface area contributed by atoms with Crippen LogP contribution in [0.4, 0.5) is 4.79 Å². The summed E-state index contributed by atoms with van der Waals surface area (Å²) in [5, 5.41) is 12.1. The number of nitrogens with one attached hydrogen (secondary N) is 1. The molecule has 1 atom stereocenters. The molecule has 25 heavy (non-hydrogen) atoms. The number of hydrogen-bond donors (Lipinski definition) is 2. The third-order valence-electron chi connectivity index (χ3n) is 3.08. The summed E-state index contributed by atoms with van der Waals surface area (Å²) in [5.41, 5.74) is 0.814. The van der Waals surface area contributed by atoms with E-state index in [1.54, 1.807) is 18.2 Å². The summed E-state index contributed by atoms with van der Waals surface area (Å²) in [6, 6.07) is 13.5. The first-order valence-electron chi connectivity index (χ1n) is 7.25. The lowest BCUT2D eigenvalue weighted by Crippen LogP contribution is -2.40. The summed E-state index contributed by atoms with van der Waals surface area (Å²) in [6.45, 7) is -0.225. The summed E-state index contributed by atoms with van der Waals surface area (Å²) >= 11 is 11.8. The van der Waals surface area contributed by atoms with E-state index in [9.17, 15) is 14.7 Å². The van der Waals surface area contributed by atoms with Crippen LogP contribution in [0.3, 0.4) is 0 Å². The molecular weight excluding hydrogens is 369 g/mol. The largest absolute Gasteiger partial charge is 0.478 e. The van der Waals surface area contributed by atoms with E-state index in [2.05, 4.69) is 5.32 Å². The Balaban J connectivity index is 1.87. The van der Waals surface area contributed by atoms with E-state index in [-0.39, 0.29) is 23.9 Å². The number of hydrogen-bond acceptors (Lipinski definition) is 4. The molecule has 0 spiro atoms. The molecule has 0 aliphatic rings. The van der Waals surface area contributed by atoms with Gasteiger partial charge >= 0.3 is 12.1 Å². The Morgan fingerprint density at radius 1 is 1.12 bits per heavy atom. The summed E-state index contributed by atoms with van der Waals surface area (Å²) in [4.78, 5) is 23.0. The number of halogens is 2. The first-order chi connectivity index (χ1) is 12.0. The Hall–Kier alpha value is -2.44. The minimum atomic E-state index is -1.35. The van der Waals surface area contributed by atoms with Gasteiger partial charge in [-0.05, 0) is 17.7 Å². The van der Waals surface area contributed by atoms with Gasteiger partial charge in [-0.3, -0.25) is 0 Å². The number of carboxylic acid groups (broad SMARTS) is 1. The van der Waals surface area contributed by atoms with E-state index >= 15 is 0 Å². The number of carbonyl (C=O) groups is 2. The molecule has 2 aromatic rings. The molecular formula is C17H15Cl2NO5. The van der Waals surface area contributed by atoms with Crippen LogP contribution in [-0.2, 0) is 16.1 Å². The molecule has 8 heteroatoms. The second-order valence-corrected chi connectivity index (χ2v) is 5.81. The van der Waals surface area contributed by atoms with Crippen molar-refractivity contribution in [2.45, 2.75) is 12.7 Å². The van der Waals surface area contributed by atoms with Crippen LogP contribution in [0, 0.1) is 0 Å². The lowest BCUT2D eigenvalue weighted by atomic mass is 10.2. The van der Waals surface area contributed by atoms with Crippen molar-refractivity contribution in [2.24, 2.45) is 0 Å². The SMILES string of the molecule is O=C(NC[C@H](Oc1cc(Cl)ccc1Cl)C(=O)O)OCc1ccccc1. The van der Waals surface area contributed by atoms with Gasteiger partial charge in [0, 0.05) is 11.1 Å². The lowest BCUT2D eigenvalue weighted by Gasteiger charge is -2.17. The standard InChI is InChI=1S/C17H15Cl2NO5/c18-12-6-7-13(19)14(8-12)25-15(16(21)22)9-20-17(23)24-10-11-4-2-1-3-5-11/h1-8,15H,9-10H2,(H,20,23)(H,21,22)/t15-/m0/s1. The fourth-order valence-electron chi connectivity index (χ4n) is 1.85. The van der Waals surface area contributed by atoms with Crippen molar-refractivity contribution >= 4 is 35.3 Å². The van der Waals surface area contributed by atoms with Crippen LogP contribution in [0.5, 0.6) is 5.75 Å². The fourth-order valence-corrected chi connectivity index (χ4v) is 2.17. The number of amides is 1. The molecule has 6 nitrogen and oxygen atoms in total. The molecule has 1 amide bonds. The molecule has 0 radical (unpaired) electrons. The zero-order chi connectivity index (χ0) is 18.2. The molecule has 0 saturated heterocycles. The maximum atomic E-state index is 11.7. The predicted molar refractivity (Wildman–Crippen MR) is 93.1 cm³/mol. The Morgan fingerprint density at radius 3 is 2.52 bits per heavy atom. The maximum absolute atomic E-state index is 11.7. The van der Waals surface area contributed by atoms with Crippen molar-refractivity contribution in [3.63, 3.8) is 0 Å². The van der Waals surface area contributed by atoms with Gasteiger partial charge in [0.1, 0.15) is 12.4 Å². The second-order valence-electron chi connectivity index (χ2n) is 4.96. The number of alkyl carbamates (subject to hydrolysis) is 1. The lowest BCUT2D eigenvalue weighted by molar-refractivity contribution is -0.144. The van der Waals surface area contributed by atoms with Crippen molar-refractivity contribution in [3.05, 3.63) is 64.1 Å². The molecule has 0 fully saturated rings. The Morgan fingerprint density at radius 2 is 1.84 bits per heavy atom. The first-order valence-corrected chi connectivity index (χ1v) is 8.00. The van der Waals surface area contributed by atoms with Crippen molar-refractivity contribution in [3.8, 4) is 5.75 Å². The van der Waals surface area contributed by atoms with Gasteiger partial charge in [0.05, 0.1) is 11.6 Å². The Kier molecular flexibility index (Phi) is 6.91. The summed E-state index contributed by atoms with van der Waals surface area (Å²) in [7, 11) is 0. The van der Waals surface area contributed by atoms with Gasteiger partial charge in [-0.2, -0.15) is 0 Å². The normalized spacial score (nSPS) is 11.4. The molecule has 2 N–H and O–H groups in total. The van der Waals surface area contributed by atoms with Crippen LogP contribution in [-0.4, -0.2) is 29.8 Å². The van der Waals surface area contributed by atoms with E-state index in [0.717, 1.165) is 5.56 Å². The zero-order valence-corrected chi connectivity index (χ0v) is 14.5. The number of ether oxygens (including phenoxy) is 2. The van der Waals surface area contributed by atoms with Crippen molar-refractivity contribution in [1.82, 2.24) is 5.32 Å². The van der Waals surface area contributed by atoms with Crippen LogP contribution in [0.15, 0.2) is 48.5 Å². The topological polar surface area (TPSA) is 84.9 Å². The molecule has 0 aliphatic carbocycles. The number of aliphatic carboxylic acids is 1. The summed E-state index contributed by atoms with van der Waals surface area (Å²) in [5.74, 6) is -1.15. The van der Waals surface area contributed by atoms with E-state index in [1.807, 2.05) is 18.2 Å². The van der Waals surface area contributed by atoms with E-state index in [4.69, 9.17) is 32.7 Å². The van der Waals surface area contributed by atoms with Gasteiger partial charge in [0.2, 0.25) is 6.10 Å². The Labute approximate surface area is 154 Å². The van der Waals surface area contributed by atoms with E-state index in [1.165, 1.54) is 12.1 Å². The minimum absolute atomic E-state index is 0.0748. The second kappa shape index (κ2) is 9.15. The van der Waals surface area contributed by atoms with E-state index < -0.39 is 18.2 Å². The highest BCUT2D eigenvalue weighted by Crippen LogP contribution is 2.28. The van der Waals surface area contributed by atoms with Gasteiger partial charge in [-0.15, -0.1) is 0 Å². The van der Waals surface area contributed by atoms with Gasteiger partial charge in [-0.1, -0.05) is 53.5 Å². The molecule has 0 bridgehead atoms. The quantitative estimate of drug-likeness (QED) is 0.760. The Bertz CT molecular complexity index is 739. The smallest absolute Gasteiger partial charge is 0.407 e. The van der Waals surface area contributed by atoms with Gasteiger partial charge < -0.3 is 19.9 Å². The monoisotopic (exact) mass is 383 g/mol. The van der Waals surface area contributed by atoms with E-state index in [0.29, 0.717) is 5.02 Å². The highest BCUT2D eigenvalue weighted by Gasteiger charge is 2.22. The molecule has 0 heterocycles. The molecule has 0 aliphatic heterocycles. The third-order valence-corrected chi connectivity index (χ3v) is 3.63. The highest BCUT2D eigenvalue weighted by atomic mass is 35.5. The van der Waals surface area contributed by atoms with Crippen LogP contribution in [0.25, 0.3) is 0 Å². The van der Waals surface area contributed by atoms with Crippen LogP contribution >= 0.6 is 23.2 Å².